The van der Waals surface area contributed by atoms with E-state index >= 15 is 0 Å². The molecule has 0 bridgehead atoms. The zero-order valence-electron chi connectivity index (χ0n) is 24.7. The molecular weight excluding hydrogens is 587 g/mol. The first-order valence-electron chi connectivity index (χ1n) is 15.3. The molecular formula is C31H34F3N9O2. The number of likely N-dealkylation sites (tertiary alicyclic amines) is 1. The van der Waals surface area contributed by atoms with Gasteiger partial charge in [0.1, 0.15) is 23.8 Å². The van der Waals surface area contributed by atoms with Crippen LogP contribution in [-0.4, -0.2) is 91.1 Å². The summed E-state index contributed by atoms with van der Waals surface area (Å²) in [6.45, 7) is 4.40. The molecule has 4 aromatic heterocycles. The lowest BCUT2D eigenvalue weighted by molar-refractivity contribution is -0.141. The predicted octanol–water partition coefficient (Wildman–Crippen LogP) is 4.38. The van der Waals surface area contributed by atoms with Gasteiger partial charge in [0.05, 0.1) is 43.1 Å². The molecule has 2 saturated heterocycles. The van der Waals surface area contributed by atoms with Crippen LogP contribution < -0.4 is 4.74 Å². The Kier molecular flexibility index (Phi) is 7.93. The van der Waals surface area contributed by atoms with Gasteiger partial charge in [-0.3, -0.25) is 14.5 Å². The van der Waals surface area contributed by atoms with Crippen molar-refractivity contribution in [3.05, 3.63) is 54.4 Å². The third-order valence-corrected chi connectivity index (χ3v) is 9.28. The minimum Gasteiger partial charge on any atom is -0.474 e. The zero-order valence-corrected chi connectivity index (χ0v) is 24.7. The fourth-order valence-electron chi connectivity index (χ4n) is 6.85. The van der Waals surface area contributed by atoms with Gasteiger partial charge in [0.25, 0.3) is 0 Å². The maximum absolute atomic E-state index is 13.7. The first-order valence-corrected chi connectivity index (χ1v) is 15.3. The van der Waals surface area contributed by atoms with Gasteiger partial charge in [-0.2, -0.15) is 23.5 Å². The van der Waals surface area contributed by atoms with Crippen LogP contribution in [0.15, 0.2) is 43.1 Å². The van der Waals surface area contributed by atoms with Crippen molar-refractivity contribution in [1.82, 2.24) is 39.5 Å². The lowest BCUT2D eigenvalue weighted by Gasteiger charge is -2.52. The molecule has 0 atom stereocenters. The lowest BCUT2D eigenvalue weighted by atomic mass is 9.69. The number of aromatic nitrogens is 6. The quantitative estimate of drug-likeness (QED) is 0.306. The van der Waals surface area contributed by atoms with Crippen LogP contribution in [0.1, 0.15) is 43.4 Å². The van der Waals surface area contributed by atoms with E-state index in [-0.39, 0.29) is 18.0 Å². The van der Waals surface area contributed by atoms with Crippen molar-refractivity contribution in [1.29, 1.82) is 5.26 Å². The van der Waals surface area contributed by atoms with Crippen molar-refractivity contribution in [2.75, 3.05) is 39.4 Å². The highest BCUT2D eigenvalue weighted by molar-refractivity contribution is 5.90. The number of aromatic amines is 1. The van der Waals surface area contributed by atoms with E-state index in [0.29, 0.717) is 57.7 Å². The van der Waals surface area contributed by atoms with Crippen molar-refractivity contribution >= 4 is 11.0 Å². The van der Waals surface area contributed by atoms with Gasteiger partial charge >= 0.3 is 6.18 Å². The average Bonchev–Trinajstić information content (AvgIpc) is 3.70. The number of fused-ring (bicyclic) bond motifs is 1. The molecule has 7 rings (SSSR count). The number of halogens is 3. The summed E-state index contributed by atoms with van der Waals surface area (Å²) in [5.74, 6) is 0.0262. The molecule has 2 aliphatic heterocycles. The molecule has 14 heteroatoms. The predicted molar refractivity (Wildman–Crippen MR) is 157 cm³/mol. The summed E-state index contributed by atoms with van der Waals surface area (Å²) in [6, 6.07) is 7.34. The Labute approximate surface area is 258 Å². The second kappa shape index (κ2) is 12.0. The number of piperidine rings is 1. The summed E-state index contributed by atoms with van der Waals surface area (Å²) in [5.41, 5.74) is 1.64. The van der Waals surface area contributed by atoms with Gasteiger partial charge in [-0.1, -0.05) is 0 Å². The van der Waals surface area contributed by atoms with Crippen LogP contribution in [-0.2, 0) is 23.0 Å². The van der Waals surface area contributed by atoms with E-state index in [1.807, 2.05) is 23.1 Å². The molecule has 3 fully saturated rings. The van der Waals surface area contributed by atoms with Crippen molar-refractivity contribution in [2.45, 2.75) is 62.5 Å². The van der Waals surface area contributed by atoms with Crippen LogP contribution in [0, 0.1) is 11.3 Å². The smallest absolute Gasteiger partial charge is 0.433 e. The molecule has 11 nitrogen and oxygen atoms in total. The van der Waals surface area contributed by atoms with Gasteiger partial charge < -0.3 is 14.5 Å². The van der Waals surface area contributed by atoms with Gasteiger partial charge in [0.15, 0.2) is 0 Å². The fraction of sp³-hybridized carbons (Fsp3) is 0.516. The summed E-state index contributed by atoms with van der Waals surface area (Å²) in [4.78, 5) is 20.1. The third kappa shape index (κ3) is 6.12. The normalized spacial score (nSPS) is 23.6. The minimum absolute atomic E-state index is 0.0262. The van der Waals surface area contributed by atoms with E-state index in [9.17, 15) is 18.4 Å². The number of hydrogen-bond acceptors (Lipinski definition) is 9. The Balaban J connectivity index is 0.981. The molecule has 236 valence electrons. The number of nitrogens with one attached hydrogen (secondary N) is 1. The summed E-state index contributed by atoms with van der Waals surface area (Å²) in [7, 11) is 0. The Morgan fingerprint density at radius 2 is 1.91 bits per heavy atom. The van der Waals surface area contributed by atoms with E-state index in [2.05, 4.69) is 40.9 Å². The topological polar surface area (TPSA) is 121 Å². The van der Waals surface area contributed by atoms with E-state index in [1.165, 1.54) is 6.33 Å². The van der Waals surface area contributed by atoms with Crippen LogP contribution in [0.4, 0.5) is 13.2 Å². The molecule has 0 spiro atoms. The maximum atomic E-state index is 13.7. The Bertz CT molecular complexity index is 1680. The summed E-state index contributed by atoms with van der Waals surface area (Å²) in [6.07, 6.45) is 5.64. The standard InChI is InChI=1S/C31H34F3N9O2/c32-31(33,34)26-13-21(18-41-9-11-44-12-10-41)14-27(40-26)45-24-2-7-42(8-3-24)23-15-30(16-23,4-5-35)43-19-22(17-39-43)28-25-1-6-36-29(25)38-20-37-28/h1,6,13-14,17,19-20,23-24H,2-4,7-12,15-16,18H2,(H,36,37,38)/t23-,30+. The number of morpholine rings is 1. The van der Waals surface area contributed by atoms with Crippen LogP contribution >= 0.6 is 0 Å². The van der Waals surface area contributed by atoms with Crippen LogP contribution in [0.5, 0.6) is 5.88 Å². The van der Waals surface area contributed by atoms with Crippen LogP contribution in [0.3, 0.4) is 0 Å². The highest BCUT2D eigenvalue weighted by Gasteiger charge is 2.49. The number of pyridine rings is 1. The van der Waals surface area contributed by atoms with Crippen LogP contribution in [0.25, 0.3) is 22.3 Å². The number of nitrogens with zero attached hydrogens (tertiary/aromatic N) is 8. The molecule has 0 radical (unpaired) electrons. The Morgan fingerprint density at radius 3 is 2.67 bits per heavy atom. The van der Waals surface area contributed by atoms with Crippen molar-refractivity contribution in [2.24, 2.45) is 0 Å². The second-order valence-corrected chi connectivity index (χ2v) is 12.2. The van der Waals surface area contributed by atoms with E-state index < -0.39 is 17.4 Å². The molecule has 3 aliphatic rings. The van der Waals surface area contributed by atoms with E-state index in [1.54, 1.807) is 12.3 Å². The van der Waals surface area contributed by atoms with Gasteiger partial charge in [-0.15, -0.1) is 0 Å². The SMILES string of the molecule is N#CC[C@]1(n2cc(-c3ncnc4[nH]ccc34)cn2)C[C@@H](N2CCC(Oc3cc(CN4CCOCC4)cc(C(F)(F)F)n3)CC2)C1. The van der Waals surface area contributed by atoms with Crippen molar-refractivity contribution < 1.29 is 22.6 Å². The molecule has 0 amide bonds. The zero-order chi connectivity index (χ0) is 31.0. The minimum atomic E-state index is -4.55. The largest absolute Gasteiger partial charge is 0.474 e. The molecule has 6 heterocycles. The number of rotatable bonds is 8. The van der Waals surface area contributed by atoms with Crippen molar-refractivity contribution in [3.8, 4) is 23.2 Å². The first kappa shape index (κ1) is 29.6. The molecule has 1 aliphatic carbocycles. The molecule has 1 saturated carbocycles. The maximum Gasteiger partial charge on any atom is 0.433 e. The molecule has 1 N–H and O–H groups in total. The van der Waals surface area contributed by atoms with Crippen LogP contribution in [0.2, 0.25) is 0 Å². The number of H-pyrrole nitrogens is 1. The van der Waals surface area contributed by atoms with Gasteiger partial charge in [0.2, 0.25) is 5.88 Å². The third-order valence-electron chi connectivity index (χ3n) is 9.28. The van der Waals surface area contributed by atoms with Crippen molar-refractivity contribution in [3.63, 3.8) is 0 Å². The molecule has 0 unspecified atom stereocenters. The summed E-state index contributed by atoms with van der Waals surface area (Å²) < 4.78 is 54.4. The molecule has 4 aromatic rings. The molecule has 45 heavy (non-hydrogen) atoms. The second-order valence-electron chi connectivity index (χ2n) is 12.2. The highest BCUT2D eigenvalue weighted by atomic mass is 19.4. The lowest BCUT2D eigenvalue weighted by Crippen LogP contribution is -2.58. The number of hydrogen-bond donors (Lipinski definition) is 1. The Morgan fingerprint density at radius 1 is 1.11 bits per heavy atom. The average molecular weight is 622 g/mol. The monoisotopic (exact) mass is 621 g/mol. The number of nitriles is 1. The summed E-state index contributed by atoms with van der Waals surface area (Å²) in [5, 5.41) is 15.3. The van der Waals surface area contributed by atoms with Gasteiger partial charge in [0, 0.05) is 68.2 Å². The molecule has 0 aromatic carbocycles. The van der Waals surface area contributed by atoms with Gasteiger partial charge in [-0.25, -0.2) is 15.0 Å². The highest BCUT2D eigenvalue weighted by Crippen LogP contribution is 2.45. The van der Waals surface area contributed by atoms with E-state index in [0.717, 1.165) is 54.3 Å². The first-order chi connectivity index (χ1) is 21.8. The number of ether oxygens (including phenoxy) is 2. The van der Waals surface area contributed by atoms with Gasteiger partial charge in [-0.05, 0) is 43.4 Å². The summed E-state index contributed by atoms with van der Waals surface area (Å²) >= 11 is 0. The number of alkyl halides is 3. The van der Waals surface area contributed by atoms with E-state index in [4.69, 9.17) is 9.47 Å². The Hall–Kier alpha value is -4.06. The fourth-order valence-corrected chi connectivity index (χ4v) is 6.85.